The molecule has 3 N–H and O–H groups in total. The number of hydrogen-bond donors (Lipinski definition) is 3. The summed E-state index contributed by atoms with van der Waals surface area (Å²) in [7, 11) is 0. The first-order chi connectivity index (χ1) is 11.1. The zero-order chi connectivity index (χ0) is 16.7. The molecular weight excluding hydrogens is 316 g/mol. The van der Waals surface area contributed by atoms with Crippen LogP contribution in [0.1, 0.15) is 20.8 Å². The van der Waals surface area contributed by atoms with Crippen molar-refractivity contribution < 1.29 is 19.8 Å². The molecule has 1 aromatic carbocycles. The molecule has 1 aromatic heterocycles. The second kappa shape index (κ2) is 8.30. The van der Waals surface area contributed by atoms with Crippen LogP contribution in [-0.2, 0) is 13.1 Å². The van der Waals surface area contributed by atoms with Crippen LogP contribution in [0.2, 0.25) is 0 Å². The van der Waals surface area contributed by atoms with Crippen molar-refractivity contribution >= 4 is 23.3 Å². The number of aliphatic hydroxyl groups excluding tert-OH is 1. The highest BCUT2D eigenvalue weighted by atomic mass is 32.1. The fourth-order valence-electron chi connectivity index (χ4n) is 2.04. The number of benzene rings is 1. The van der Waals surface area contributed by atoms with Gasteiger partial charge in [-0.15, -0.1) is 11.3 Å². The Hall–Kier alpha value is -2.38. The maximum Gasteiger partial charge on any atom is 0.407 e. The van der Waals surface area contributed by atoms with E-state index in [2.05, 4.69) is 5.32 Å². The minimum Gasteiger partial charge on any atom is -0.465 e. The zero-order valence-electron chi connectivity index (χ0n) is 12.4. The predicted molar refractivity (Wildman–Crippen MR) is 87.5 cm³/mol. The number of rotatable bonds is 7. The van der Waals surface area contributed by atoms with E-state index in [1.165, 1.54) is 16.2 Å². The minimum atomic E-state index is -0.983. The normalized spacial score (nSPS) is 10.3. The van der Waals surface area contributed by atoms with Crippen molar-refractivity contribution in [3.63, 3.8) is 0 Å². The second-order valence-corrected chi connectivity index (χ2v) is 5.93. The van der Waals surface area contributed by atoms with Gasteiger partial charge >= 0.3 is 6.09 Å². The van der Waals surface area contributed by atoms with Crippen LogP contribution in [0.5, 0.6) is 0 Å². The Morgan fingerprint density at radius 2 is 1.87 bits per heavy atom. The number of hydrogen-bond acceptors (Lipinski definition) is 4. The summed E-state index contributed by atoms with van der Waals surface area (Å²) >= 11 is 1.51. The van der Waals surface area contributed by atoms with E-state index in [4.69, 9.17) is 5.11 Å². The van der Waals surface area contributed by atoms with Crippen LogP contribution < -0.4 is 5.32 Å². The highest BCUT2D eigenvalue weighted by Crippen LogP contribution is 2.15. The van der Waals surface area contributed by atoms with Crippen molar-refractivity contribution in [1.29, 1.82) is 0 Å². The van der Waals surface area contributed by atoms with Crippen LogP contribution in [0.3, 0.4) is 0 Å². The number of nitrogens with one attached hydrogen (secondary N) is 1. The Morgan fingerprint density at radius 1 is 1.13 bits per heavy atom. The summed E-state index contributed by atoms with van der Waals surface area (Å²) in [4.78, 5) is 25.4. The number of aliphatic hydroxyl groups is 1. The largest absolute Gasteiger partial charge is 0.465 e. The van der Waals surface area contributed by atoms with Gasteiger partial charge in [-0.2, -0.15) is 0 Å². The lowest BCUT2D eigenvalue weighted by Crippen LogP contribution is -2.28. The first-order valence-electron chi connectivity index (χ1n) is 7.08. The van der Waals surface area contributed by atoms with E-state index < -0.39 is 6.09 Å². The monoisotopic (exact) mass is 334 g/mol. The van der Waals surface area contributed by atoms with E-state index in [0.717, 1.165) is 10.4 Å². The second-order valence-electron chi connectivity index (χ2n) is 4.89. The zero-order valence-corrected chi connectivity index (χ0v) is 13.3. The van der Waals surface area contributed by atoms with E-state index >= 15 is 0 Å². The quantitative estimate of drug-likeness (QED) is 0.724. The first-order valence-corrected chi connectivity index (χ1v) is 7.96. The van der Waals surface area contributed by atoms with Crippen molar-refractivity contribution in [2.24, 2.45) is 0 Å². The highest BCUT2D eigenvalue weighted by molar-refractivity contribution is 7.09. The Kier molecular flexibility index (Phi) is 6.13. The van der Waals surface area contributed by atoms with Gasteiger partial charge in [-0.3, -0.25) is 9.69 Å². The third-order valence-corrected chi connectivity index (χ3v) is 4.05. The average molecular weight is 334 g/mol. The molecule has 0 aliphatic heterocycles. The van der Waals surface area contributed by atoms with Crippen molar-refractivity contribution in [2.45, 2.75) is 13.1 Å². The van der Waals surface area contributed by atoms with Gasteiger partial charge in [-0.25, -0.2) is 4.79 Å². The molecule has 0 unspecified atom stereocenters. The van der Waals surface area contributed by atoms with Crippen molar-refractivity contribution in [1.82, 2.24) is 10.2 Å². The summed E-state index contributed by atoms with van der Waals surface area (Å²) in [6.07, 6.45) is -0.983. The third-order valence-electron chi connectivity index (χ3n) is 3.18. The molecule has 6 nitrogen and oxygen atoms in total. The molecule has 2 aromatic rings. The lowest BCUT2D eigenvalue weighted by Gasteiger charge is -2.18. The van der Waals surface area contributed by atoms with Gasteiger partial charge in [0.2, 0.25) is 0 Å². The van der Waals surface area contributed by atoms with Crippen LogP contribution >= 0.6 is 11.3 Å². The molecule has 0 aliphatic carbocycles. The molecule has 0 saturated carbocycles. The lowest BCUT2D eigenvalue weighted by molar-refractivity contribution is 0.0944. The molecule has 0 spiro atoms. The maximum atomic E-state index is 11.7. The third kappa shape index (κ3) is 5.08. The maximum absolute atomic E-state index is 11.7. The molecule has 0 bridgehead atoms. The molecule has 0 fully saturated rings. The summed E-state index contributed by atoms with van der Waals surface area (Å²) in [5.41, 5.74) is 1.28. The fraction of sp³-hybridized carbons (Fsp3) is 0.250. The summed E-state index contributed by atoms with van der Waals surface area (Å²) in [5.74, 6) is -0.265. The average Bonchev–Trinajstić information content (AvgIpc) is 3.05. The van der Waals surface area contributed by atoms with Gasteiger partial charge in [0.1, 0.15) is 0 Å². The molecule has 0 saturated heterocycles. The Balaban J connectivity index is 2.00. The Bertz CT molecular complexity index is 641. The summed E-state index contributed by atoms with van der Waals surface area (Å²) in [5, 5.41) is 22.5. The summed E-state index contributed by atoms with van der Waals surface area (Å²) in [6, 6.07) is 10.5. The van der Waals surface area contributed by atoms with Crippen LogP contribution in [0.4, 0.5) is 4.79 Å². The summed E-state index contributed by atoms with van der Waals surface area (Å²) < 4.78 is 0. The van der Waals surface area contributed by atoms with Crippen LogP contribution in [0.15, 0.2) is 41.8 Å². The Morgan fingerprint density at radius 3 is 2.43 bits per heavy atom. The van der Waals surface area contributed by atoms with E-state index in [1.54, 1.807) is 24.3 Å². The van der Waals surface area contributed by atoms with Gasteiger partial charge in [0, 0.05) is 23.5 Å². The van der Waals surface area contributed by atoms with Crippen LogP contribution in [0.25, 0.3) is 0 Å². The number of carbonyl (C=O) groups is 2. The van der Waals surface area contributed by atoms with Gasteiger partial charge in [-0.05, 0) is 29.1 Å². The molecule has 7 heteroatoms. The van der Waals surface area contributed by atoms with E-state index in [-0.39, 0.29) is 25.6 Å². The van der Waals surface area contributed by atoms with Crippen molar-refractivity contribution in [3.8, 4) is 0 Å². The lowest BCUT2D eigenvalue weighted by atomic mass is 10.1. The van der Waals surface area contributed by atoms with Gasteiger partial charge in [-0.1, -0.05) is 18.2 Å². The SMILES string of the molecule is O=C(NCCO)c1ccc(CN(Cc2cccs2)C(=O)O)cc1. The summed E-state index contributed by atoms with van der Waals surface area (Å²) in [6.45, 7) is 0.686. The van der Waals surface area contributed by atoms with E-state index in [1.807, 2.05) is 17.5 Å². The minimum absolute atomic E-state index is 0.111. The highest BCUT2D eigenvalue weighted by Gasteiger charge is 2.14. The molecular formula is C16H18N2O4S. The molecule has 2 amide bonds. The van der Waals surface area contributed by atoms with Gasteiger partial charge in [0.25, 0.3) is 5.91 Å². The molecule has 2 rings (SSSR count). The fourth-order valence-corrected chi connectivity index (χ4v) is 2.75. The smallest absolute Gasteiger partial charge is 0.407 e. The van der Waals surface area contributed by atoms with Crippen molar-refractivity contribution in [3.05, 3.63) is 57.8 Å². The molecule has 1 heterocycles. The topological polar surface area (TPSA) is 89.9 Å². The number of carbonyl (C=O) groups excluding carboxylic acids is 1. The first kappa shape index (κ1) is 17.0. The van der Waals surface area contributed by atoms with E-state index in [0.29, 0.717) is 12.1 Å². The molecule has 0 radical (unpaired) electrons. The van der Waals surface area contributed by atoms with Crippen LogP contribution in [-0.4, -0.2) is 40.3 Å². The Labute approximate surface area is 138 Å². The number of thiophene rings is 1. The number of amides is 2. The molecule has 23 heavy (non-hydrogen) atoms. The molecule has 122 valence electrons. The number of carboxylic acid groups (broad SMARTS) is 1. The van der Waals surface area contributed by atoms with Crippen molar-refractivity contribution in [2.75, 3.05) is 13.2 Å². The van der Waals surface area contributed by atoms with Gasteiger partial charge < -0.3 is 15.5 Å². The van der Waals surface area contributed by atoms with Gasteiger partial charge in [0.05, 0.1) is 13.2 Å². The predicted octanol–water partition coefficient (Wildman–Crippen LogP) is 2.15. The standard InChI is InChI=1S/C16H18N2O4S/c19-8-7-17-15(20)13-5-3-12(4-6-13)10-18(16(21)22)11-14-2-1-9-23-14/h1-6,9,19H,7-8,10-11H2,(H,17,20)(H,21,22). The molecule has 0 atom stereocenters. The van der Waals surface area contributed by atoms with E-state index in [9.17, 15) is 14.7 Å². The van der Waals surface area contributed by atoms with Gasteiger partial charge in [0.15, 0.2) is 0 Å². The molecule has 0 aliphatic rings. The number of nitrogens with zero attached hydrogens (tertiary/aromatic N) is 1. The van der Waals surface area contributed by atoms with Crippen LogP contribution in [0, 0.1) is 0 Å².